The quantitative estimate of drug-likeness (QED) is 0.311. The van der Waals surface area contributed by atoms with Gasteiger partial charge in [0.1, 0.15) is 0 Å². The Labute approximate surface area is 120 Å². The van der Waals surface area contributed by atoms with E-state index in [0.717, 1.165) is 12.8 Å². The number of hydrogen-bond donors (Lipinski definition) is 1. The maximum atomic E-state index is 8.62. The van der Waals surface area contributed by atoms with Gasteiger partial charge in [0, 0.05) is 6.61 Å². The van der Waals surface area contributed by atoms with Crippen molar-refractivity contribution in [2.24, 2.45) is 0 Å². The molecular weight excluding hydrogens is 232 g/mol. The molecule has 0 bridgehead atoms. The number of aliphatic hydroxyl groups excluding tert-OH is 1. The first kappa shape index (κ1) is 18.4. The second-order valence-corrected chi connectivity index (χ2v) is 5.34. The summed E-state index contributed by atoms with van der Waals surface area (Å²) in [5.74, 6) is 0. The zero-order valence-electron chi connectivity index (χ0n) is 12.9. The number of aliphatic hydroxyl groups is 1. The van der Waals surface area contributed by atoms with Crippen LogP contribution in [-0.2, 0) is 0 Å². The number of hydrogen-bond acceptors (Lipinski definition) is 1. The lowest BCUT2D eigenvalue weighted by atomic mass is 10.1. The minimum atomic E-state index is 0.298. The van der Waals surface area contributed by atoms with E-state index in [1.54, 1.807) is 0 Å². The molecule has 0 atom stereocenters. The molecule has 0 rings (SSSR count). The molecule has 1 nitrogen and oxygen atoms in total. The van der Waals surface area contributed by atoms with Gasteiger partial charge in [-0.2, -0.15) is 0 Å². The van der Waals surface area contributed by atoms with E-state index in [4.69, 9.17) is 5.11 Å². The number of unbranched alkanes of at least 4 members (excludes halogenated alkanes) is 10. The molecule has 0 radical (unpaired) electrons. The lowest BCUT2D eigenvalue weighted by molar-refractivity contribution is 0.289. The maximum Gasteiger partial charge on any atom is 0.0433 e. The van der Waals surface area contributed by atoms with E-state index in [0.29, 0.717) is 6.61 Å². The van der Waals surface area contributed by atoms with Crippen molar-refractivity contribution in [1.29, 1.82) is 0 Å². The molecule has 19 heavy (non-hydrogen) atoms. The molecule has 1 heteroatoms. The summed E-state index contributed by atoms with van der Waals surface area (Å²) in [6.45, 7) is 2.57. The zero-order chi connectivity index (χ0) is 14.0. The van der Waals surface area contributed by atoms with Crippen molar-refractivity contribution < 1.29 is 5.11 Å². The summed E-state index contributed by atoms with van der Waals surface area (Å²) in [7, 11) is 0. The monoisotopic (exact) mass is 266 g/mol. The van der Waals surface area contributed by atoms with Crippen LogP contribution in [0.4, 0.5) is 0 Å². The summed E-state index contributed by atoms with van der Waals surface area (Å²) < 4.78 is 0. The zero-order valence-corrected chi connectivity index (χ0v) is 12.9. The maximum absolute atomic E-state index is 8.62. The van der Waals surface area contributed by atoms with Crippen molar-refractivity contribution in [2.45, 2.75) is 84.0 Å². The molecule has 0 aliphatic heterocycles. The fraction of sp³-hybridized carbons (Fsp3) is 0.778. The molecule has 0 aromatic rings. The Bertz CT molecular complexity index is 206. The highest BCUT2D eigenvalue weighted by Crippen LogP contribution is 2.10. The summed E-state index contributed by atoms with van der Waals surface area (Å²) in [4.78, 5) is 0. The van der Waals surface area contributed by atoms with E-state index in [1.807, 2.05) is 0 Å². The summed E-state index contributed by atoms with van der Waals surface area (Å²) in [6.07, 6.45) is 24.3. The van der Waals surface area contributed by atoms with Gasteiger partial charge in [-0.25, -0.2) is 0 Å². The lowest BCUT2D eigenvalue weighted by Crippen LogP contribution is -1.80. The fourth-order valence-corrected chi connectivity index (χ4v) is 2.13. The van der Waals surface area contributed by atoms with Gasteiger partial charge in [-0.15, -0.1) is 0 Å². The van der Waals surface area contributed by atoms with Gasteiger partial charge in [-0.05, 0) is 25.7 Å². The Hall–Kier alpha value is -0.560. The summed E-state index contributed by atoms with van der Waals surface area (Å²) in [5, 5.41) is 8.62. The smallest absolute Gasteiger partial charge is 0.0433 e. The first-order chi connectivity index (χ1) is 9.41. The third kappa shape index (κ3) is 17.4. The predicted molar refractivity (Wildman–Crippen MR) is 86.4 cm³/mol. The Kier molecular flexibility index (Phi) is 16.9. The van der Waals surface area contributed by atoms with Gasteiger partial charge in [-0.1, -0.05) is 82.6 Å². The molecule has 0 amide bonds. The molecule has 0 saturated heterocycles. The van der Waals surface area contributed by atoms with E-state index < -0.39 is 0 Å². The molecular formula is C18H34O. The molecule has 0 spiro atoms. The third-order valence-corrected chi connectivity index (χ3v) is 3.39. The van der Waals surface area contributed by atoms with Crippen molar-refractivity contribution in [2.75, 3.05) is 6.61 Å². The van der Waals surface area contributed by atoms with Gasteiger partial charge in [0.25, 0.3) is 0 Å². The van der Waals surface area contributed by atoms with Gasteiger partial charge in [-0.3, -0.25) is 0 Å². The standard InChI is InChI=1S/C18H34O/c1-2-3-4-5-6-7-8-9-10-11-12-13-14-15-16-17-18-19/h12-15,19H,2-11,16-18H2,1H3/b13-12+,15-14+. The fourth-order valence-electron chi connectivity index (χ4n) is 2.13. The molecule has 0 fully saturated rings. The molecule has 0 aromatic carbocycles. The van der Waals surface area contributed by atoms with E-state index >= 15 is 0 Å². The van der Waals surface area contributed by atoms with Crippen LogP contribution in [0.25, 0.3) is 0 Å². The van der Waals surface area contributed by atoms with Crippen LogP contribution in [0, 0.1) is 0 Å². The number of allylic oxidation sites excluding steroid dienone is 4. The normalized spacial score (nSPS) is 11.9. The molecule has 112 valence electrons. The van der Waals surface area contributed by atoms with Gasteiger partial charge in [0.15, 0.2) is 0 Å². The first-order valence-electron chi connectivity index (χ1n) is 8.34. The van der Waals surface area contributed by atoms with Gasteiger partial charge in [0.2, 0.25) is 0 Å². The van der Waals surface area contributed by atoms with Crippen LogP contribution in [0.3, 0.4) is 0 Å². The molecule has 0 aromatic heterocycles. The Morgan fingerprint density at radius 2 is 1.11 bits per heavy atom. The van der Waals surface area contributed by atoms with Crippen LogP contribution in [0.15, 0.2) is 24.3 Å². The summed E-state index contributed by atoms with van der Waals surface area (Å²) in [6, 6.07) is 0. The van der Waals surface area contributed by atoms with Crippen molar-refractivity contribution in [3.63, 3.8) is 0 Å². The molecule has 0 unspecified atom stereocenters. The second-order valence-electron chi connectivity index (χ2n) is 5.34. The topological polar surface area (TPSA) is 20.2 Å². The van der Waals surface area contributed by atoms with Crippen LogP contribution in [-0.4, -0.2) is 11.7 Å². The van der Waals surface area contributed by atoms with Crippen LogP contribution < -0.4 is 0 Å². The first-order valence-corrected chi connectivity index (χ1v) is 8.34. The van der Waals surface area contributed by atoms with Crippen molar-refractivity contribution in [1.82, 2.24) is 0 Å². The van der Waals surface area contributed by atoms with E-state index in [-0.39, 0.29) is 0 Å². The molecule has 0 aliphatic carbocycles. The average Bonchev–Trinajstić information content (AvgIpc) is 2.43. The molecule has 1 N–H and O–H groups in total. The number of rotatable bonds is 14. The lowest BCUT2D eigenvalue weighted by Gasteiger charge is -2.00. The van der Waals surface area contributed by atoms with Crippen molar-refractivity contribution in [3.8, 4) is 0 Å². The Morgan fingerprint density at radius 3 is 1.63 bits per heavy atom. The van der Waals surface area contributed by atoms with Crippen LogP contribution in [0.2, 0.25) is 0 Å². The highest BCUT2D eigenvalue weighted by atomic mass is 16.2. The SMILES string of the molecule is CCCCCCCCCCC/C=C/C=C/CCCO. The van der Waals surface area contributed by atoms with Gasteiger partial charge < -0.3 is 5.11 Å². The van der Waals surface area contributed by atoms with Crippen molar-refractivity contribution >= 4 is 0 Å². The van der Waals surface area contributed by atoms with Crippen LogP contribution in [0.1, 0.15) is 84.0 Å². The molecule has 0 heterocycles. The minimum Gasteiger partial charge on any atom is -0.396 e. The minimum absolute atomic E-state index is 0.298. The predicted octanol–water partition coefficient (Wildman–Crippen LogP) is 5.79. The largest absolute Gasteiger partial charge is 0.396 e. The van der Waals surface area contributed by atoms with Gasteiger partial charge >= 0.3 is 0 Å². The third-order valence-electron chi connectivity index (χ3n) is 3.39. The molecule has 0 saturated carbocycles. The Balaban J connectivity index is 3.09. The van der Waals surface area contributed by atoms with E-state index in [9.17, 15) is 0 Å². The second kappa shape index (κ2) is 17.4. The highest BCUT2D eigenvalue weighted by molar-refractivity contribution is 5.02. The molecule has 0 aliphatic rings. The summed E-state index contributed by atoms with van der Waals surface area (Å²) in [5.41, 5.74) is 0. The summed E-state index contributed by atoms with van der Waals surface area (Å²) >= 11 is 0. The van der Waals surface area contributed by atoms with E-state index in [2.05, 4.69) is 31.2 Å². The van der Waals surface area contributed by atoms with Gasteiger partial charge in [0.05, 0.1) is 0 Å². The van der Waals surface area contributed by atoms with Crippen LogP contribution in [0.5, 0.6) is 0 Å². The Morgan fingerprint density at radius 1 is 0.632 bits per heavy atom. The highest BCUT2D eigenvalue weighted by Gasteiger charge is 1.90. The average molecular weight is 266 g/mol. The van der Waals surface area contributed by atoms with E-state index in [1.165, 1.54) is 64.2 Å². The van der Waals surface area contributed by atoms with Crippen molar-refractivity contribution in [3.05, 3.63) is 24.3 Å². The van der Waals surface area contributed by atoms with Crippen LogP contribution >= 0.6 is 0 Å².